The van der Waals surface area contributed by atoms with Gasteiger partial charge < -0.3 is 15.0 Å². The van der Waals surface area contributed by atoms with Gasteiger partial charge in [-0.25, -0.2) is 8.42 Å². The summed E-state index contributed by atoms with van der Waals surface area (Å²) in [6.07, 6.45) is 1.92. The topological polar surface area (TPSA) is 79.0 Å². The van der Waals surface area contributed by atoms with E-state index in [0.29, 0.717) is 50.6 Å². The molecular formula is C22H29N3O4S2. The second-order valence-electron chi connectivity index (χ2n) is 7.02. The number of sulfonamides is 1. The highest BCUT2D eigenvalue weighted by atomic mass is 32.2. The van der Waals surface area contributed by atoms with Crippen molar-refractivity contribution in [1.82, 2.24) is 4.31 Å². The SMILES string of the molecule is CCN(CC)S(=O)(=O)c1ccc(N2CCOCC2)c(NC(=O)c2ccccc2SC)c1. The van der Waals surface area contributed by atoms with Crippen molar-refractivity contribution >= 4 is 39.1 Å². The van der Waals surface area contributed by atoms with Gasteiger partial charge in [0.15, 0.2) is 0 Å². The number of benzene rings is 2. The van der Waals surface area contributed by atoms with Crippen LogP contribution in [0.2, 0.25) is 0 Å². The van der Waals surface area contributed by atoms with Crippen molar-refractivity contribution in [1.29, 1.82) is 0 Å². The average Bonchev–Trinajstić information content (AvgIpc) is 2.80. The summed E-state index contributed by atoms with van der Waals surface area (Å²) < 4.78 is 33.0. The number of anilines is 2. The molecule has 31 heavy (non-hydrogen) atoms. The number of hydrogen-bond acceptors (Lipinski definition) is 6. The normalized spacial score (nSPS) is 14.6. The predicted octanol–water partition coefficient (Wildman–Crippen LogP) is 3.53. The Balaban J connectivity index is 2.03. The molecule has 9 heteroatoms. The van der Waals surface area contributed by atoms with Gasteiger partial charge in [0.05, 0.1) is 35.0 Å². The van der Waals surface area contributed by atoms with Gasteiger partial charge in [-0.3, -0.25) is 4.79 Å². The smallest absolute Gasteiger partial charge is 0.256 e. The molecule has 168 valence electrons. The maximum Gasteiger partial charge on any atom is 0.256 e. The van der Waals surface area contributed by atoms with Crippen molar-refractivity contribution in [2.45, 2.75) is 23.6 Å². The Hall–Kier alpha value is -2.07. The van der Waals surface area contributed by atoms with Crippen LogP contribution in [0.5, 0.6) is 0 Å². The average molecular weight is 464 g/mol. The van der Waals surface area contributed by atoms with E-state index in [0.717, 1.165) is 10.6 Å². The van der Waals surface area contributed by atoms with Gasteiger partial charge in [0.25, 0.3) is 5.91 Å². The molecule has 0 aromatic heterocycles. The summed E-state index contributed by atoms with van der Waals surface area (Å²) in [5.41, 5.74) is 1.83. The number of morpholine rings is 1. The van der Waals surface area contributed by atoms with Gasteiger partial charge in [0, 0.05) is 31.1 Å². The number of carbonyl (C=O) groups excluding carboxylic acids is 1. The maximum atomic E-state index is 13.1. The van der Waals surface area contributed by atoms with Crippen LogP contribution in [0.1, 0.15) is 24.2 Å². The third-order valence-electron chi connectivity index (χ3n) is 5.26. The third kappa shape index (κ3) is 5.23. The van der Waals surface area contributed by atoms with E-state index in [9.17, 15) is 13.2 Å². The van der Waals surface area contributed by atoms with Crippen LogP contribution < -0.4 is 10.2 Å². The van der Waals surface area contributed by atoms with Crippen molar-refractivity contribution in [2.75, 3.05) is 55.9 Å². The number of carbonyl (C=O) groups is 1. The molecule has 0 bridgehead atoms. The minimum Gasteiger partial charge on any atom is -0.378 e. The molecule has 0 radical (unpaired) electrons. The number of amides is 1. The van der Waals surface area contributed by atoms with Crippen molar-refractivity contribution < 1.29 is 17.9 Å². The van der Waals surface area contributed by atoms with Crippen molar-refractivity contribution in [3.63, 3.8) is 0 Å². The molecular weight excluding hydrogens is 434 g/mol. The zero-order valence-electron chi connectivity index (χ0n) is 18.1. The number of rotatable bonds is 8. The van der Waals surface area contributed by atoms with Crippen LogP contribution >= 0.6 is 11.8 Å². The fraction of sp³-hybridized carbons (Fsp3) is 0.409. The molecule has 1 fully saturated rings. The van der Waals surface area contributed by atoms with E-state index in [2.05, 4.69) is 10.2 Å². The highest BCUT2D eigenvalue weighted by Gasteiger charge is 2.25. The van der Waals surface area contributed by atoms with Gasteiger partial charge in [0.1, 0.15) is 0 Å². The molecule has 1 aliphatic heterocycles. The molecule has 1 saturated heterocycles. The van der Waals surface area contributed by atoms with Crippen molar-refractivity contribution in [3.8, 4) is 0 Å². The Morgan fingerprint density at radius 1 is 1.13 bits per heavy atom. The molecule has 0 atom stereocenters. The van der Waals surface area contributed by atoms with E-state index in [1.165, 1.54) is 16.1 Å². The quantitative estimate of drug-likeness (QED) is 0.604. The summed E-state index contributed by atoms with van der Waals surface area (Å²) in [4.78, 5) is 16.2. The van der Waals surface area contributed by atoms with E-state index in [4.69, 9.17) is 4.74 Å². The molecule has 2 aromatic carbocycles. The van der Waals surface area contributed by atoms with E-state index in [-0.39, 0.29) is 10.8 Å². The summed E-state index contributed by atoms with van der Waals surface area (Å²) >= 11 is 1.49. The zero-order chi connectivity index (χ0) is 22.4. The molecule has 1 heterocycles. The highest BCUT2D eigenvalue weighted by Crippen LogP contribution is 2.32. The molecule has 0 spiro atoms. The lowest BCUT2D eigenvalue weighted by Crippen LogP contribution is -2.37. The van der Waals surface area contributed by atoms with Gasteiger partial charge in [-0.15, -0.1) is 11.8 Å². The molecule has 1 amide bonds. The standard InChI is InChI=1S/C22H29N3O4S2/c1-4-25(5-2)31(27,28)17-10-11-20(24-12-14-29-15-13-24)19(16-17)23-22(26)18-8-6-7-9-21(18)30-3/h6-11,16H,4-5,12-15H2,1-3H3,(H,23,26). The van der Waals surface area contributed by atoms with Crippen molar-refractivity contribution in [2.24, 2.45) is 0 Å². The van der Waals surface area contributed by atoms with E-state index in [1.54, 1.807) is 24.3 Å². The van der Waals surface area contributed by atoms with E-state index < -0.39 is 10.0 Å². The number of hydrogen-bond donors (Lipinski definition) is 1. The van der Waals surface area contributed by atoms with Gasteiger partial charge >= 0.3 is 0 Å². The van der Waals surface area contributed by atoms with Gasteiger partial charge in [-0.05, 0) is 36.6 Å². The van der Waals surface area contributed by atoms with Gasteiger partial charge in [-0.2, -0.15) is 4.31 Å². The molecule has 0 aliphatic carbocycles. The number of ether oxygens (including phenoxy) is 1. The lowest BCUT2D eigenvalue weighted by molar-refractivity contribution is 0.102. The first kappa shape index (κ1) is 23.6. The molecule has 1 aliphatic rings. The molecule has 0 saturated carbocycles. The molecule has 3 rings (SSSR count). The largest absolute Gasteiger partial charge is 0.378 e. The summed E-state index contributed by atoms with van der Waals surface area (Å²) in [7, 11) is -3.65. The van der Waals surface area contributed by atoms with Gasteiger partial charge in [0.2, 0.25) is 10.0 Å². The second-order valence-corrected chi connectivity index (χ2v) is 9.81. The van der Waals surface area contributed by atoms with Crippen LogP contribution in [0.4, 0.5) is 11.4 Å². The van der Waals surface area contributed by atoms with Crippen LogP contribution in [0.25, 0.3) is 0 Å². The summed E-state index contributed by atoms with van der Waals surface area (Å²) in [6.45, 7) is 6.90. The van der Waals surface area contributed by atoms with Gasteiger partial charge in [-0.1, -0.05) is 26.0 Å². The Kier molecular flexibility index (Phi) is 7.99. The van der Waals surface area contributed by atoms with Crippen LogP contribution in [0, 0.1) is 0 Å². The number of nitrogens with one attached hydrogen (secondary N) is 1. The Bertz CT molecular complexity index is 1020. The maximum absolute atomic E-state index is 13.1. The highest BCUT2D eigenvalue weighted by molar-refractivity contribution is 7.98. The summed E-state index contributed by atoms with van der Waals surface area (Å²) in [6, 6.07) is 12.3. The molecule has 0 unspecified atom stereocenters. The fourth-order valence-corrected chi connectivity index (χ4v) is 5.67. The summed E-state index contributed by atoms with van der Waals surface area (Å²) in [5, 5.41) is 2.97. The lowest BCUT2D eigenvalue weighted by atomic mass is 10.2. The van der Waals surface area contributed by atoms with Crippen LogP contribution in [0.3, 0.4) is 0 Å². The lowest BCUT2D eigenvalue weighted by Gasteiger charge is -2.31. The Morgan fingerprint density at radius 2 is 1.81 bits per heavy atom. The predicted molar refractivity (Wildman–Crippen MR) is 126 cm³/mol. The van der Waals surface area contributed by atoms with E-state index in [1.807, 2.05) is 38.3 Å². The Labute approximate surface area is 188 Å². The second kappa shape index (κ2) is 10.5. The first-order valence-electron chi connectivity index (χ1n) is 10.3. The fourth-order valence-electron chi connectivity index (χ4n) is 3.59. The Morgan fingerprint density at radius 3 is 2.45 bits per heavy atom. The minimum absolute atomic E-state index is 0.168. The first-order valence-corrected chi connectivity index (χ1v) is 13.0. The van der Waals surface area contributed by atoms with Crippen molar-refractivity contribution in [3.05, 3.63) is 48.0 Å². The summed E-state index contributed by atoms with van der Waals surface area (Å²) in [5.74, 6) is -0.267. The van der Waals surface area contributed by atoms with Crippen LogP contribution in [0.15, 0.2) is 52.3 Å². The molecule has 1 N–H and O–H groups in total. The number of nitrogens with zero attached hydrogens (tertiary/aromatic N) is 2. The third-order valence-corrected chi connectivity index (χ3v) is 8.10. The van der Waals surface area contributed by atoms with Crippen LogP contribution in [-0.4, -0.2) is 64.3 Å². The number of thioether (sulfide) groups is 1. The zero-order valence-corrected chi connectivity index (χ0v) is 19.8. The van der Waals surface area contributed by atoms with Crippen LogP contribution in [-0.2, 0) is 14.8 Å². The molecule has 2 aromatic rings. The molecule has 7 nitrogen and oxygen atoms in total. The van der Waals surface area contributed by atoms with E-state index >= 15 is 0 Å². The minimum atomic E-state index is -3.65. The monoisotopic (exact) mass is 463 g/mol. The first-order chi connectivity index (χ1) is 14.9.